The summed E-state index contributed by atoms with van der Waals surface area (Å²) >= 11 is 0. The summed E-state index contributed by atoms with van der Waals surface area (Å²) < 4.78 is 0. The number of hydrogen-bond donors (Lipinski definition) is 1. The van der Waals surface area contributed by atoms with E-state index in [2.05, 4.69) is 24.4 Å². The van der Waals surface area contributed by atoms with Gasteiger partial charge in [-0.15, -0.1) is 0 Å². The summed E-state index contributed by atoms with van der Waals surface area (Å²) in [5, 5.41) is 4.10. The van der Waals surface area contributed by atoms with Gasteiger partial charge >= 0.3 is 0 Å². The summed E-state index contributed by atoms with van der Waals surface area (Å²) in [5.41, 5.74) is 3.64. The molecule has 1 rings (SSSR count). The number of amides is 1. The summed E-state index contributed by atoms with van der Waals surface area (Å²) in [6, 6.07) is 0. The standard InChI is InChI=1S/C9H16N2O/c1-6(2)9(8-4-5-8)11-10-7(3)12/h6,8H,4-5H2,1-3H3,(H,10,12)/b11-9+. The van der Waals surface area contributed by atoms with Gasteiger partial charge in [0.2, 0.25) is 5.91 Å². The van der Waals surface area contributed by atoms with Crippen molar-refractivity contribution in [3.05, 3.63) is 0 Å². The second kappa shape index (κ2) is 3.70. The summed E-state index contributed by atoms with van der Waals surface area (Å²) in [6.07, 6.45) is 2.47. The van der Waals surface area contributed by atoms with Gasteiger partial charge < -0.3 is 0 Å². The second-order valence-electron chi connectivity index (χ2n) is 3.63. The lowest BCUT2D eigenvalue weighted by atomic mass is 10.0. The zero-order valence-corrected chi connectivity index (χ0v) is 7.92. The molecule has 0 aromatic heterocycles. The molecular formula is C9H16N2O. The fourth-order valence-electron chi connectivity index (χ4n) is 1.21. The highest BCUT2D eigenvalue weighted by Crippen LogP contribution is 2.33. The maximum absolute atomic E-state index is 10.6. The van der Waals surface area contributed by atoms with Gasteiger partial charge in [0.15, 0.2) is 0 Å². The number of hydrogen-bond acceptors (Lipinski definition) is 2. The molecule has 1 aliphatic carbocycles. The van der Waals surface area contributed by atoms with Gasteiger partial charge in [0.25, 0.3) is 0 Å². The molecule has 3 heteroatoms. The summed E-state index contributed by atoms with van der Waals surface area (Å²) in [6.45, 7) is 5.70. The molecule has 0 heterocycles. The maximum Gasteiger partial charge on any atom is 0.236 e. The Hall–Kier alpha value is -0.860. The average Bonchev–Trinajstić information content (AvgIpc) is 2.69. The van der Waals surface area contributed by atoms with Gasteiger partial charge in [-0.25, -0.2) is 5.43 Å². The van der Waals surface area contributed by atoms with Crippen LogP contribution in [0.25, 0.3) is 0 Å². The minimum absolute atomic E-state index is 0.0891. The molecule has 1 N–H and O–H groups in total. The minimum atomic E-state index is -0.0891. The maximum atomic E-state index is 10.6. The molecule has 0 bridgehead atoms. The molecule has 0 aliphatic heterocycles. The molecule has 0 saturated heterocycles. The Balaban J connectivity index is 2.51. The Morgan fingerprint density at radius 2 is 2.08 bits per heavy atom. The highest BCUT2D eigenvalue weighted by atomic mass is 16.2. The van der Waals surface area contributed by atoms with Crippen LogP contribution in [0, 0.1) is 11.8 Å². The molecule has 1 saturated carbocycles. The lowest BCUT2D eigenvalue weighted by Gasteiger charge is -2.07. The zero-order valence-electron chi connectivity index (χ0n) is 7.92. The van der Waals surface area contributed by atoms with Crippen LogP contribution in [0.15, 0.2) is 5.10 Å². The highest BCUT2D eigenvalue weighted by molar-refractivity contribution is 5.91. The van der Waals surface area contributed by atoms with Crippen LogP contribution in [0.1, 0.15) is 33.6 Å². The van der Waals surface area contributed by atoms with Crippen LogP contribution in [0.5, 0.6) is 0 Å². The van der Waals surface area contributed by atoms with Crippen molar-refractivity contribution >= 4 is 11.6 Å². The SMILES string of the molecule is CC(=O)N/N=C(\C(C)C)C1CC1. The summed E-state index contributed by atoms with van der Waals surface area (Å²) in [5.74, 6) is 0.995. The quantitative estimate of drug-likeness (QED) is 0.504. The van der Waals surface area contributed by atoms with Crippen molar-refractivity contribution in [3.8, 4) is 0 Å². The van der Waals surface area contributed by atoms with Crippen molar-refractivity contribution in [1.29, 1.82) is 0 Å². The molecule has 0 unspecified atom stereocenters. The van der Waals surface area contributed by atoms with Crippen molar-refractivity contribution < 1.29 is 4.79 Å². The number of nitrogens with zero attached hydrogens (tertiary/aromatic N) is 1. The third-order valence-electron chi connectivity index (χ3n) is 1.93. The summed E-state index contributed by atoms with van der Waals surface area (Å²) in [7, 11) is 0. The molecule has 0 aromatic rings. The van der Waals surface area contributed by atoms with E-state index in [0.29, 0.717) is 11.8 Å². The van der Waals surface area contributed by atoms with E-state index in [9.17, 15) is 4.79 Å². The number of carbonyl (C=O) groups is 1. The van der Waals surface area contributed by atoms with Gasteiger partial charge in [0.05, 0.1) is 0 Å². The molecule has 0 aromatic carbocycles. The third-order valence-corrected chi connectivity index (χ3v) is 1.93. The van der Waals surface area contributed by atoms with E-state index >= 15 is 0 Å². The highest BCUT2D eigenvalue weighted by Gasteiger charge is 2.29. The molecule has 0 spiro atoms. The molecule has 68 valence electrons. The number of nitrogens with one attached hydrogen (secondary N) is 1. The molecule has 1 amide bonds. The Kier molecular flexibility index (Phi) is 2.84. The van der Waals surface area contributed by atoms with Crippen molar-refractivity contribution in [1.82, 2.24) is 5.43 Å². The van der Waals surface area contributed by atoms with Crippen molar-refractivity contribution in [2.45, 2.75) is 33.6 Å². The Labute approximate surface area is 73.2 Å². The number of hydrazone groups is 1. The second-order valence-corrected chi connectivity index (χ2v) is 3.63. The van der Waals surface area contributed by atoms with E-state index in [1.54, 1.807) is 0 Å². The topological polar surface area (TPSA) is 41.5 Å². The minimum Gasteiger partial charge on any atom is -0.274 e. The van der Waals surface area contributed by atoms with Crippen LogP contribution in [0.2, 0.25) is 0 Å². The molecular weight excluding hydrogens is 152 g/mol. The number of carbonyl (C=O) groups excluding carboxylic acids is 1. The average molecular weight is 168 g/mol. The number of rotatable bonds is 3. The molecule has 0 atom stereocenters. The van der Waals surface area contributed by atoms with Crippen LogP contribution in [-0.4, -0.2) is 11.6 Å². The smallest absolute Gasteiger partial charge is 0.236 e. The van der Waals surface area contributed by atoms with Crippen LogP contribution in [0.4, 0.5) is 0 Å². The predicted octanol–water partition coefficient (Wildman–Crippen LogP) is 1.54. The van der Waals surface area contributed by atoms with Gasteiger partial charge in [-0.1, -0.05) is 13.8 Å². The van der Waals surface area contributed by atoms with Crippen LogP contribution in [0.3, 0.4) is 0 Å². The van der Waals surface area contributed by atoms with Gasteiger partial charge in [-0.3, -0.25) is 4.79 Å². The van der Waals surface area contributed by atoms with Gasteiger partial charge in [0.1, 0.15) is 0 Å². The Bertz CT molecular complexity index is 201. The molecule has 0 radical (unpaired) electrons. The fraction of sp³-hybridized carbons (Fsp3) is 0.778. The third kappa shape index (κ3) is 2.64. The predicted molar refractivity (Wildman–Crippen MR) is 48.8 cm³/mol. The largest absolute Gasteiger partial charge is 0.274 e. The van der Waals surface area contributed by atoms with Crippen molar-refractivity contribution in [2.75, 3.05) is 0 Å². The first-order valence-corrected chi connectivity index (χ1v) is 4.45. The van der Waals surface area contributed by atoms with Crippen LogP contribution >= 0.6 is 0 Å². The Morgan fingerprint density at radius 3 is 2.42 bits per heavy atom. The molecule has 12 heavy (non-hydrogen) atoms. The monoisotopic (exact) mass is 168 g/mol. The Morgan fingerprint density at radius 1 is 1.50 bits per heavy atom. The first-order chi connectivity index (χ1) is 5.61. The first kappa shape index (κ1) is 9.23. The van der Waals surface area contributed by atoms with Gasteiger partial charge in [-0.05, 0) is 24.7 Å². The van der Waals surface area contributed by atoms with E-state index in [-0.39, 0.29) is 5.91 Å². The van der Waals surface area contributed by atoms with E-state index in [1.807, 2.05) is 0 Å². The van der Waals surface area contributed by atoms with E-state index in [0.717, 1.165) is 5.71 Å². The lowest BCUT2D eigenvalue weighted by Crippen LogP contribution is -2.19. The molecule has 1 fully saturated rings. The van der Waals surface area contributed by atoms with E-state index in [1.165, 1.54) is 19.8 Å². The van der Waals surface area contributed by atoms with Crippen molar-refractivity contribution in [3.63, 3.8) is 0 Å². The fourth-order valence-corrected chi connectivity index (χ4v) is 1.21. The van der Waals surface area contributed by atoms with Crippen LogP contribution < -0.4 is 5.43 Å². The molecule has 3 nitrogen and oxygen atoms in total. The summed E-state index contributed by atoms with van der Waals surface area (Å²) in [4.78, 5) is 10.6. The lowest BCUT2D eigenvalue weighted by molar-refractivity contribution is -0.118. The first-order valence-electron chi connectivity index (χ1n) is 4.45. The normalized spacial score (nSPS) is 18.2. The van der Waals surface area contributed by atoms with E-state index < -0.39 is 0 Å². The van der Waals surface area contributed by atoms with Gasteiger partial charge in [0, 0.05) is 12.6 Å². The van der Waals surface area contributed by atoms with Gasteiger partial charge in [-0.2, -0.15) is 5.10 Å². The van der Waals surface area contributed by atoms with Crippen LogP contribution in [-0.2, 0) is 4.79 Å². The van der Waals surface area contributed by atoms with Crippen molar-refractivity contribution in [2.24, 2.45) is 16.9 Å². The molecule has 1 aliphatic rings. The van der Waals surface area contributed by atoms with E-state index in [4.69, 9.17) is 0 Å². The zero-order chi connectivity index (χ0) is 9.14.